The van der Waals surface area contributed by atoms with Crippen LogP contribution >= 0.6 is 11.6 Å². The zero-order valence-corrected chi connectivity index (χ0v) is 15.7. The molecule has 0 saturated heterocycles. The number of hydrogen-bond acceptors (Lipinski definition) is 2. The highest BCUT2D eigenvalue weighted by atomic mass is 35.5. The minimum Gasteiger partial charge on any atom is -0.306 e. The van der Waals surface area contributed by atoms with E-state index in [1.165, 1.54) is 0 Å². The molecule has 0 aliphatic heterocycles. The number of benzene rings is 3. The molecule has 0 fully saturated rings. The molecular formula is C23H15ClN2O2. The predicted molar refractivity (Wildman–Crippen MR) is 112 cm³/mol. The van der Waals surface area contributed by atoms with E-state index in [1.54, 1.807) is 30.3 Å². The molecule has 4 rings (SSSR count). The van der Waals surface area contributed by atoms with Gasteiger partial charge in [-0.2, -0.15) is 0 Å². The van der Waals surface area contributed by atoms with Crippen LogP contribution in [0.2, 0.25) is 5.02 Å². The molecule has 1 aromatic heterocycles. The fourth-order valence-corrected chi connectivity index (χ4v) is 3.30. The Morgan fingerprint density at radius 3 is 2.39 bits per heavy atom. The van der Waals surface area contributed by atoms with E-state index in [0.717, 1.165) is 15.7 Å². The first-order valence-corrected chi connectivity index (χ1v) is 9.04. The number of H-pyrrole nitrogens is 1. The summed E-state index contributed by atoms with van der Waals surface area (Å²) in [6.45, 7) is 1.84. The number of fused-ring (bicyclic) bond motifs is 1. The molecule has 136 valence electrons. The van der Waals surface area contributed by atoms with Gasteiger partial charge >= 0.3 is 5.69 Å². The maximum Gasteiger partial charge on any atom is 0.333 e. The monoisotopic (exact) mass is 386 g/mol. The van der Waals surface area contributed by atoms with Gasteiger partial charge in [-0.1, -0.05) is 53.8 Å². The number of halogens is 1. The lowest BCUT2D eigenvalue weighted by molar-refractivity contribution is 0.900. The van der Waals surface area contributed by atoms with Gasteiger partial charge in [0.15, 0.2) is 0 Å². The first-order chi connectivity index (χ1) is 13.5. The van der Waals surface area contributed by atoms with Crippen molar-refractivity contribution in [1.29, 1.82) is 0 Å². The summed E-state index contributed by atoms with van der Waals surface area (Å²) in [6.07, 6.45) is 0. The molecular weight excluding hydrogens is 372 g/mol. The van der Waals surface area contributed by atoms with Crippen LogP contribution in [-0.2, 0) is 0 Å². The molecule has 1 heterocycles. The van der Waals surface area contributed by atoms with E-state index >= 15 is 0 Å². The molecule has 0 amide bonds. The zero-order chi connectivity index (χ0) is 19.7. The van der Waals surface area contributed by atoms with Crippen molar-refractivity contribution in [3.8, 4) is 17.5 Å². The van der Waals surface area contributed by atoms with Gasteiger partial charge in [0.1, 0.15) is 0 Å². The first kappa shape index (κ1) is 17.8. The van der Waals surface area contributed by atoms with Crippen LogP contribution in [0.1, 0.15) is 16.7 Å². The lowest BCUT2D eigenvalue weighted by atomic mass is 10.1. The van der Waals surface area contributed by atoms with Crippen LogP contribution in [0.3, 0.4) is 0 Å². The van der Waals surface area contributed by atoms with E-state index < -0.39 is 11.2 Å². The summed E-state index contributed by atoms with van der Waals surface area (Å²) < 4.78 is 1.05. The third-order valence-electron chi connectivity index (χ3n) is 4.45. The van der Waals surface area contributed by atoms with Gasteiger partial charge in [0, 0.05) is 11.1 Å². The Balaban J connectivity index is 1.82. The third-order valence-corrected chi connectivity index (χ3v) is 4.76. The van der Waals surface area contributed by atoms with Gasteiger partial charge in [-0.05, 0) is 48.9 Å². The van der Waals surface area contributed by atoms with Crippen molar-refractivity contribution >= 4 is 22.5 Å². The zero-order valence-electron chi connectivity index (χ0n) is 15.0. The fourth-order valence-electron chi connectivity index (χ4n) is 3.04. The van der Waals surface area contributed by atoms with Crippen molar-refractivity contribution in [2.24, 2.45) is 0 Å². The molecule has 0 atom stereocenters. The Labute approximate surface area is 166 Å². The second kappa shape index (κ2) is 7.22. The maximum absolute atomic E-state index is 12.9. The van der Waals surface area contributed by atoms with Crippen molar-refractivity contribution in [3.63, 3.8) is 0 Å². The molecule has 4 aromatic rings. The van der Waals surface area contributed by atoms with Crippen molar-refractivity contribution < 1.29 is 0 Å². The van der Waals surface area contributed by atoms with E-state index in [9.17, 15) is 9.59 Å². The Morgan fingerprint density at radius 1 is 0.893 bits per heavy atom. The molecule has 0 aliphatic rings. The smallest absolute Gasteiger partial charge is 0.306 e. The second-order valence-corrected chi connectivity index (χ2v) is 6.76. The SMILES string of the molecule is Cc1cccc2c(=O)n(-c3ccc(C#Cc4ccccc4)cc3Cl)c(=O)[nH]c12. The first-order valence-electron chi connectivity index (χ1n) is 8.66. The Bertz CT molecular complexity index is 1370. The van der Waals surface area contributed by atoms with Crippen LogP contribution < -0.4 is 11.2 Å². The molecule has 4 nitrogen and oxygen atoms in total. The number of aromatic nitrogens is 2. The highest BCUT2D eigenvalue weighted by molar-refractivity contribution is 6.32. The van der Waals surface area contributed by atoms with E-state index in [0.29, 0.717) is 22.2 Å². The Kier molecular flexibility index (Phi) is 4.60. The average molecular weight is 387 g/mol. The summed E-state index contributed by atoms with van der Waals surface area (Å²) in [7, 11) is 0. The minimum absolute atomic E-state index is 0.277. The number of para-hydroxylation sites is 1. The molecule has 0 spiro atoms. The van der Waals surface area contributed by atoms with Gasteiger partial charge in [0.05, 0.1) is 21.6 Å². The van der Waals surface area contributed by atoms with E-state index in [4.69, 9.17) is 11.6 Å². The molecule has 0 saturated carbocycles. The predicted octanol–water partition coefficient (Wildman–Crippen LogP) is 4.04. The Morgan fingerprint density at radius 2 is 1.64 bits per heavy atom. The molecule has 0 bridgehead atoms. The quantitative estimate of drug-likeness (QED) is 0.502. The summed E-state index contributed by atoms with van der Waals surface area (Å²) in [4.78, 5) is 28.3. The van der Waals surface area contributed by atoms with Crippen LogP contribution in [0.15, 0.2) is 76.3 Å². The number of aromatic amines is 1. The van der Waals surface area contributed by atoms with Crippen LogP contribution in [0.25, 0.3) is 16.6 Å². The average Bonchev–Trinajstić information content (AvgIpc) is 2.69. The van der Waals surface area contributed by atoms with Gasteiger partial charge in [-0.3, -0.25) is 4.79 Å². The van der Waals surface area contributed by atoms with Gasteiger partial charge in [-0.15, -0.1) is 0 Å². The van der Waals surface area contributed by atoms with Crippen molar-refractivity contribution in [3.05, 3.63) is 109 Å². The van der Waals surface area contributed by atoms with Gasteiger partial charge in [0.25, 0.3) is 5.56 Å². The Hall–Kier alpha value is -3.55. The van der Waals surface area contributed by atoms with Crippen LogP contribution in [0.5, 0.6) is 0 Å². The summed E-state index contributed by atoms with van der Waals surface area (Å²) in [6, 6.07) is 19.9. The van der Waals surface area contributed by atoms with E-state index in [1.807, 2.05) is 43.3 Å². The molecule has 1 N–H and O–H groups in total. The van der Waals surface area contributed by atoms with Crippen molar-refractivity contribution in [2.45, 2.75) is 6.92 Å². The normalized spacial score (nSPS) is 10.5. The maximum atomic E-state index is 12.9. The van der Waals surface area contributed by atoms with Crippen LogP contribution in [-0.4, -0.2) is 9.55 Å². The second-order valence-electron chi connectivity index (χ2n) is 6.35. The number of aryl methyl sites for hydroxylation is 1. The minimum atomic E-state index is -0.531. The number of hydrogen-bond donors (Lipinski definition) is 1. The highest BCUT2D eigenvalue weighted by Crippen LogP contribution is 2.20. The fraction of sp³-hybridized carbons (Fsp3) is 0.0435. The summed E-state index contributed by atoms with van der Waals surface area (Å²) in [5, 5.41) is 0.711. The topological polar surface area (TPSA) is 54.9 Å². The highest BCUT2D eigenvalue weighted by Gasteiger charge is 2.13. The van der Waals surface area contributed by atoms with Crippen molar-refractivity contribution in [1.82, 2.24) is 9.55 Å². The molecule has 28 heavy (non-hydrogen) atoms. The van der Waals surface area contributed by atoms with Crippen molar-refractivity contribution in [2.75, 3.05) is 0 Å². The number of nitrogens with one attached hydrogen (secondary N) is 1. The standard InChI is InChI=1S/C23H15ClN2O2/c1-15-6-5-9-18-21(15)25-23(28)26(22(18)27)20-13-12-17(14-19(20)24)11-10-16-7-3-2-4-8-16/h2-9,12-14H,1H3,(H,25,28). The van der Waals surface area contributed by atoms with E-state index in [-0.39, 0.29) is 5.02 Å². The van der Waals surface area contributed by atoms with Gasteiger partial charge < -0.3 is 4.98 Å². The summed E-state index contributed by atoms with van der Waals surface area (Å²) in [5.41, 5.74) is 2.33. The molecule has 0 unspecified atom stereocenters. The lowest BCUT2D eigenvalue weighted by Crippen LogP contribution is -2.34. The lowest BCUT2D eigenvalue weighted by Gasteiger charge is -2.09. The number of rotatable bonds is 1. The van der Waals surface area contributed by atoms with Gasteiger partial charge in [-0.25, -0.2) is 9.36 Å². The molecule has 3 aromatic carbocycles. The van der Waals surface area contributed by atoms with E-state index in [2.05, 4.69) is 16.8 Å². The van der Waals surface area contributed by atoms with Crippen LogP contribution in [0, 0.1) is 18.8 Å². The summed E-state index contributed by atoms with van der Waals surface area (Å²) in [5.74, 6) is 6.09. The largest absolute Gasteiger partial charge is 0.333 e. The summed E-state index contributed by atoms with van der Waals surface area (Å²) >= 11 is 6.39. The molecule has 0 radical (unpaired) electrons. The molecule has 5 heteroatoms. The van der Waals surface area contributed by atoms with Gasteiger partial charge in [0.2, 0.25) is 0 Å². The molecule has 0 aliphatic carbocycles. The number of nitrogens with zero attached hydrogens (tertiary/aromatic N) is 1. The van der Waals surface area contributed by atoms with Crippen LogP contribution in [0.4, 0.5) is 0 Å². The third kappa shape index (κ3) is 3.24.